The van der Waals surface area contributed by atoms with E-state index in [2.05, 4.69) is 5.43 Å². The van der Waals surface area contributed by atoms with Gasteiger partial charge in [0, 0.05) is 19.1 Å². The van der Waals surface area contributed by atoms with Gasteiger partial charge in [-0.05, 0) is 37.1 Å². The molecule has 0 saturated carbocycles. The Kier molecular flexibility index (Phi) is 4.30. The third-order valence-electron chi connectivity index (χ3n) is 2.88. The molecule has 0 fully saturated rings. The minimum absolute atomic E-state index is 0.0874. The van der Waals surface area contributed by atoms with Gasteiger partial charge in [-0.3, -0.25) is 5.84 Å². The maximum absolute atomic E-state index is 13.1. The monoisotopic (exact) mass is 252 g/mol. The Morgan fingerprint density at radius 3 is 3.00 bits per heavy atom. The maximum Gasteiger partial charge on any atom is 0.134 e. The number of halogens is 1. The molecule has 0 aliphatic carbocycles. The second kappa shape index (κ2) is 5.95. The summed E-state index contributed by atoms with van der Waals surface area (Å²) in [6.07, 6.45) is 1.67. The normalized spacial score (nSPS) is 13.1. The second-order valence-corrected chi connectivity index (χ2v) is 4.19. The van der Waals surface area contributed by atoms with Crippen LogP contribution >= 0.6 is 0 Å². The Hall–Kier alpha value is -1.43. The van der Waals surface area contributed by atoms with Gasteiger partial charge in [0.15, 0.2) is 0 Å². The van der Waals surface area contributed by atoms with Crippen LogP contribution in [-0.4, -0.2) is 13.7 Å². The molecular weight excluding hydrogens is 235 g/mol. The van der Waals surface area contributed by atoms with Crippen LogP contribution in [-0.2, 0) is 4.74 Å². The summed E-state index contributed by atoms with van der Waals surface area (Å²) >= 11 is 0. The molecule has 0 saturated heterocycles. The summed E-state index contributed by atoms with van der Waals surface area (Å²) in [6.45, 7) is 0.674. The van der Waals surface area contributed by atoms with E-state index < -0.39 is 0 Å². The van der Waals surface area contributed by atoms with Crippen LogP contribution in [0.25, 0.3) is 11.0 Å². The van der Waals surface area contributed by atoms with Gasteiger partial charge in [0.05, 0.1) is 6.04 Å². The average molecular weight is 252 g/mol. The van der Waals surface area contributed by atoms with Gasteiger partial charge in [-0.25, -0.2) is 9.82 Å². The number of fused-ring (bicyclic) bond motifs is 1. The fourth-order valence-electron chi connectivity index (χ4n) is 1.95. The Balaban J connectivity index is 2.17. The minimum atomic E-state index is -0.272. The average Bonchev–Trinajstić information content (AvgIpc) is 2.77. The van der Waals surface area contributed by atoms with Crippen molar-refractivity contribution in [2.24, 2.45) is 5.84 Å². The zero-order valence-electron chi connectivity index (χ0n) is 10.3. The Morgan fingerprint density at radius 2 is 2.28 bits per heavy atom. The van der Waals surface area contributed by atoms with Crippen LogP contribution in [0.2, 0.25) is 0 Å². The van der Waals surface area contributed by atoms with Gasteiger partial charge in [-0.1, -0.05) is 0 Å². The summed E-state index contributed by atoms with van der Waals surface area (Å²) in [5, 5.41) is 0.747. The highest BCUT2D eigenvalue weighted by atomic mass is 19.1. The largest absolute Gasteiger partial charge is 0.459 e. The van der Waals surface area contributed by atoms with Crippen LogP contribution in [0.1, 0.15) is 24.6 Å². The summed E-state index contributed by atoms with van der Waals surface area (Å²) in [5.74, 6) is 5.96. The van der Waals surface area contributed by atoms with Crippen molar-refractivity contribution in [3.63, 3.8) is 0 Å². The van der Waals surface area contributed by atoms with Crippen molar-refractivity contribution in [1.82, 2.24) is 5.43 Å². The van der Waals surface area contributed by atoms with Crippen molar-refractivity contribution in [3.05, 3.63) is 35.8 Å². The van der Waals surface area contributed by atoms with Crippen molar-refractivity contribution in [1.29, 1.82) is 0 Å². The van der Waals surface area contributed by atoms with E-state index in [9.17, 15) is 4.39 Å². The van der Waals surface area contributed by atoms with Gasteiger partial charge < -0.3 is 9.15 Å². The molecule has 1 atom stereocenters. The SMILES string of the molecule is COCCCC(NN)c1cc2cc(F)ccc2o1. The second-order valence-electron chi connectivity index (χ2n) is 4.19. The first-order valence-corrected chi connectivity index (χ1v) is 5.88. The summed E-state index contributed by atoms with van der Waals surface area (Å²) in [7, 11) is 1.66. The molecule has 0 radical (unpaired) electrons. The molecule has 1 aromatic carbocycles. The summed E-state index contributed by atoms with van der Waals surface area (Å²) in [5.41, 5.74) is 3.37. The number of ether oxygens (including phenoxy) is 1. The van der Waals surface area contributed by atoms with Crippen molar-refractivity contribution in [2.45, 2.75) is 18.9 Å². The first-order valence-electron chi connectivity index (χ1n) is 5.88. The summed E-state index contributed by atoms with van der Waals surface area (Å²) < 4.78 is 23.7. The zero-order valence-corrected chi connectivity index (χ0v) is 10.3. The van der Waals surface area contributed by atoms with Gasteiger partial charge in [0.1, 0.15) is 17.2 Å². The van der Waals surface area contributed by atoms with Crippen molar-refractivity contribution in [3.8, 4) is 0 Å². The highest BCUT2D eigenvalue weighted by molar-refractivity contribution is 5.78. The van der Waals surface area contributed by atoms with Crippen LogP contribution in [0.5, 0.6) is 0 Å². The molecule has 0 aliphatic rings. The van der Waals surface area contributed by atoms with E-state index in [1.165, 1.54) is 12.1 Å². The predicted octanol–water partition coefficient (Wildman–Crippen LogP) is 2.50. The first-order chi connectivity index (χ1) is 8.74. The molecule has 0 aliphatic heterocycles. The predicted molar refractivity (Wildman–Crippen MR) is 67.3 cm³/mol. The maximum atomic E-state index is 13.1. The third-order valence-corrected chi connectivity index (χ3v) is 2.88. The Bertz CT molecular complexity index is 513. The molecule has 1 heterocycles. The van der Waals surface area contributed by atoms with E-state index in [1.54, 1.807) is 13.2 Å². The molecule has 1 unspecified atom stereocenters. The van der Waals surface area contributed by atoms with Crippen LogP contribution in [0, 0.1) is 5.82 Å². The number of hydrazine groups is 1. The Morgan fingerprint density at radius 1 is 1.44 bits per heavy atom. The molecule has 4 nitrogen and oxygen atoms in total. The summed E-state index contributed by atoms with van der Waals surface area (Å²) in [4.78, 5) is 0. The number of methoxy groups -OCH3 is 1. The highest BCUT2D eigenvalue weighted by Crippen LogP contribution is 2.26. The molecule has 0 spiro atoms. The number of rotatable bonds is 6. The molecule has 2 rings (SSSR count). The minimum Gasteiger partial charge on any atom is -0.459 e. The van der Waals surface area contributed by atoms with Crippen molar-refractivity contribution in [2.75, 3.05) is 13.7 Å². The lowest BCUT2D eigenvalue weighted by atomic mass is 10.1. The van der Waals surface area contributed by atoms with Crippen LogP contribution in [0.4, 0.5) is 4.39 Å². The van der Waals surface area contributed by atoms with E-state index in [-0.39, 0.29) is 11.9 Å². The van der Waals surface area contributed by atoms with E-state index in [4.69, 9.17) is 15.0 Å². The molecule has 0 bridgehead atoms. The quantitative estimate of drug-likeness (QED) is 0.471. The van der Waals surface area contributed by atoms with Gasteiger partial charge >= 0.3 is 0 Å². The van der Waals surface area contributed by atoms with E-state index in [0.717, 1.165) is 18.2 Å². The number of hydrogen-bond acceptors (Lipinski definition) is 4. The number of furan rings is 1. The fraction of sp³-hybridized carbons (Fsp3) is 0.385. The smallest absolute Gasteiger partial charge is 0.134 e. The van der Waals surface area contributed by atoms with Crippen LogP contribution < -0.4 is 11.3 Å². The molecule has 2 aromatic rings. The lowest BCUT2D eigenvalue weighted by Crippen LogP contribution is -2.27. The van der Waals surface area contributed by atoms with E-state index in [1.807, 2.05) is 6.07 Å². The molecule has 18 heavy (non-hydrogen) atoms. The lowest BCUT2D eigenvalue weighted by molar-refractivity contribution is 0.187. The van der Waals surface area contributed by atoms with Gasteiger partial charge in [-0.2, -0.15) is 0 Å². The van der Waals surface area contributed by atoms with Crippen LogP contribution in [0.15, 0.2) is 28.7 Å². The number of nitrogens with one attached hydrogen (secondary N) is 1. The number of benzene rings is 1. The number of nitrogens with two attached hydrogens (primary N) is 1. The first kappa shape index (κ1) is 13.0. The summed E-state index contributed by atoms with van der Waals surface area (Å²) in [6, 6.07) is 6.18. The molecule has 5 heteroatoms. The van der Waals surface area contributed by atoms with Gasteiger partial charge in [0.25, 0.3) is 0 Å². The van der Waals surface area contributed by atoms with Crippen LogP contribution in [0.3, 0.4) is 0 Å². The topological polar surface area (TPSA) is 60.4 Å². The molecule has 1 aromatic heterocycles. The molecule has 98 valence electrons. The van der Waals surface area contributed by atoms with Gasteiger partial charge in [-0.15, -0.1) is 0 Å². The zero-order chi connectivity index (χ0) is 13.0. The van der Waals surface area contributed by atoms with Crippen molar-refractivity contribution < 1.29 is 13.5 Å². The van der Waals surface area contributed by atoms with Crippen molar-refractivity contribution >= 4 is 11.0 Å². The molecule has 3 N–H and O–H groups in total. The molecule has 0 amide bonds. The fourth-order valence-corrected chi connectivity index (χ4v) is 1.95. The van der Waals surface area contributed by atoms with Gasteiger partial charge in [0.2, 0.25) is 0 Å². The lowest BCUT2D eigenvalue weighted by Gasteiger charge is -2.12. The molecular formula is C13H17FN2O2. The van der Waals surface area contributed by atoms with E-state index in [0.29, 0.717) is 18.0 Å². The van der Waals surface area contributed by atoms with E-state index >= 15 is 0 Å². The highest BCUT2D eigenvalue weighted by Gasteiger charge is 2.14. The Labute approximate surface area is 105 Å². The third kappa shape index (κ3) is 2.87. The number of hydrogen-bond donors (Lipinski definition) is 2. The standard InChI is InChI=1S/C13H17FN2O2/c1-17-6-2-3-11(16-15)13-8-9-7-10(14)4-5-12(9)18-13/h4-5,7-8,11,16H,2-3,6,15H2,1H3.